The number of ether oxygens (including phenoxy) is 2. The highest BCUT2D eigenvalue weighted by molar-refractivity contribution is 5.96. The number of anilines is 1. The van der Waals surface area contributed by atoms with Crippen LogP contribution in [0.5, 0.6) is 0 Å². The number of nitrogens with zero attached hydrogens (tertiary/aromatic N) is 4. The molecule has 3 rings (SSSR count). The van der Waals surface area contributed by atoms with E-state index in [0.29, 0.717) is 37.1 Å². The number of amides is 2. The minimum Gasteiger partial charge on any atom is -0.444 e. The topological polar surface area (TPSA) is 147 Å². The number of piperidine rings is 1. The fourth-order valence-corrected chi connectivity index (χ4v) is 4.10. The molecule has 0 radical (unpaired) electrons. The maximum atomic E-state index is 13.4. The quantitative estimate of drug-likeness (QED) is 0.387. The number of fused-ring (bicyclic) bond motifs is 1. The number of amidine groups is 1. The van der Waals surface area contributed by atoms with Crippen molar-refractivity contribution in [2.45, 2.75) is 71.6 Å². The van der Waals surface area contributed by atoms with Crippen molar-refractivity contribution in [2.75, 3.05) is 25.0 Å². The molecule has 0 unspecified atom stereocenters. The summed E-state index contributed by atoms with van der Waals surface area (Å²) in [4.78, 5) is 38.3. The number of hydrogen-bond donors (Lipinski definition) is 3. The maximum absolute atomic E-state index is 13.4. The van der Waals surface area contributed by atoms with E-state index in [1.54, 1.807) is 18.1 Å². The van der Waals surface area contributed by atoms with Gasteiger partial charge in [-0.05, 0) is 72.1 Å². The van der Waals surface area contributed by atoms with E-state index in [1.807, 2.05) is 59.7 Å². The van der Waals surface area contributed by atoms with Gasteiger partial charge in [-0.25, -0.2) is 24.5 Å². The third-order valence-electron chi connectivity index (χ3n) is 5.73. The molecule has 1 aliphatic rings. The van der Waals surface area contributed by atoms with E-state index in [0.717, 1.165) is 10.9 Å². The van der Waals surface area contributed by atoms with Crippen molar-refractivity contribution >= 4 is 40.6 Å². The molecule has 1 aliphatic heterocycles. The number of aromatic nitrogens is 2. The van der Waals surface area contributed by atoms with Crippen molar-refractivity contribution in [3.05, 3.63) is 36.0 Å². The van der Waals surface area contributed by atoms with E-state index in [-0.39, 0.29) is 23.9 Å². The Kier molecular flexibility index (Phi) is 8.48. The second kappa shape index (κ2) is 11.2. The molecule has 0 saturated carbocycles. The van der Waals surface area contributed by atoms with Crippen LogP contribution in [0.15, 0.2) is 30.5 Å². The second-order valence-corrected chi connectivity index (χ2v) is 11.3. The molecular weight excluding hydrogens is 486 g/mol. The zero-order valence-electron chi connectivity index (χ0n) is 23.3. The Hall–Kier alpha value is -3.89. The zero-order chi connectivity index (χ0) is 28.3. The van der Waals surface area contributed by atoms with Crippen LogP contribution in [0.25, 0.3) is 16.6 Å². The molecule has 11 nitrogen and oxygen atoms in total. The van der Waals surface area contributed by atoms with Gasteiger partial charge in [-0.3, -0.25) is 5.41 Å². The summed E-state index contributed by atoms with van der Waals surface area (Å²) in [5, 5.41) is 11.4. The molecule has 206 valence electrons. The van der Waals surface area contributed by atoms with Crippen molar-refractivity contribution in [2.24, 2.45) is 5.73 Å². The minimum absolute atomic E-state index is 0.0632. The average Bonchev–Trinajstić information content (AvgIpc) is 2.80. The third-order valence-corrected chi connectivity index (χ3v) is 5.73. The Bertz CT molecular complexity index is 1220. The summed E-state index contributed by atoms with van der Waals surface area (Å²) in [6.07, 6.45) is 3.35. The smallest absolute Gasteiger partial charge is 0.417 e. The van der Waals surface area contributed by atoms with Crippen molar-refractivity contribution in [3.63, 3.8) is 0 Å². The number of benzene rings is 1. The van der Waals surface area contributed by atoms with Crippen LogP contribution in [0.4, 0.5) is 15.5 Å². The summed E-state index contributed by atoms with van der Waals surface area (Å²) in [5.74, 6) is 0.176. The van der Waals surface area contributed by atoms with Crippen LogP contribution in [0, 0.1) is 5.41 Å². The van der Waals surface area contributed by atoms with E-state index in [2.05, 4.69) is 10.3 Å². The second-order valence-electron chi connectivity index (χ2n) is 11.3. The fraction of sp³-hybridized carbons (Fsp3) is 0.519. The average molecular weight is 526 g/mol. The number of carbonyl (C=O) groups is 2. The molecule has 0 bridgehead atoms. The predicted octanol–water partition coefficient (Wildman–Crippen LogP) is 4.27. The largest absolute Gasteiger partial charge is 0.444 e. The van der Waals surface area contributed by atoms with Gasteiger partial charge in [-0.15, -0.1) is 0 Å². The van der Waals surface area contributed by atoms with E-state index in [4.69, 9.17) is 25.6 Å². The number of nitrogens with two attached hydrogens (primary N) is 1. The lowest BCUT2D eigenvalue weighted by Crippen LogP contribution is -2.51. The van der Waals surface area contributed by atoms with Gasteiger partial charge >= 0.3 is 12.2 Å². The zero-order valence-corrected chi connectivity index (χ0v) is 23.3. The lowest BCUT2D eigenvalue weighted by atomic mass is 10.0. The summed E-state index contributed by atoms with van der Waals surface area (Å²) < 4.78 is 11.2. The first-order chi connectivity index (χ1) is 17.7. The Morgan fingerprint density at radius 1 is 1.13 bits per heavy atom. The standard InChI is InChI=1S/C27H39N7O4/c1-26(2,3)37-24(35)33-12-10-19(11-13-33)34(25(36)38-27(4,5)6)23-31-16-18-14-17(8-9-20(18)32-23)21(30-7)15-22(28)29/h8-9,14-16,19,30H,10-13H2,1-7H3,(H3,28,29)/b21-15-. The van der Waals surface area contributed by atoms with Crippen LogP contribution in [0.2, 0.25) is 0 Å². The van der Waals surface area contributed by atoms with Crippen LogP contribution in [-0.4, -0.2) is 70.3 Å². The number of likely N-dealkylation sites (tertiary alicyclic amines) is 1. The van der Waals surface area contributed by atoms with E-state index in [9.17, 15) is 9.59 Å². The van der Waals surface area contributed by atoms with Crippen LogP contribution in [0.3, 0.4) is 0 Å². The van der Waals surface area contributed by atoms with Gasteiger partial charge in [0.1, 0.15) is 17.0 Å². The van der Waals surface area contributed by atoms with Gasteiger partial charge in [0.25, 0.3) is 0 Å². The van der Waals surface area contributed by atoms with Crippen LogP contribution in [-0.2, 0) is 9.47 Å². The molecule has 4 N–H and O–H groups in total. The van der Waals surface area contributed by atoms with Gasteiger partial charge in [-0.1, -0.05) is 6.07 Å². The van der Waals surface area contributed by atoms with Gasteiger partial charge < -0.3 is 25.4 Å². The molecular formula is C27H39N7O4. The molecule has 2 amide bonds. The highest BCUT2D eigenvalue weighted by atomic mass is 16.6. The predicted molar refractivity (Wildman–Crippen MR) is 148 cm³/mol. The van der Waals surface area contributed by atoms with Crippen molar-refractivity contribution in [1.29, 1.82) is 5.41 Å². The highest BCUT2D eigenvalue weighted by Gasteiger charge is 2.36. The Morgan fingerprint density at radius 3 is 2.32 bits per heavy atom. The number of carbonyl (C=O) groups excluding carboxylic acids is 2. The summed E-state index contributed by atoms with van der Waals surface area (Å²) in [6, 6.07) is 5.33. The molecule has 2 heterocycles. The van der Waals surface area contributed by atoms with Crippen LogP contribution < -0.4 is 16.0 Å². The number of nitrogens with one attached hydrogen (secondary N) is 2. The van der Waals surface area contributed by atoms with Crippen molar-refractivity contribution in [3.8, 4) is 0 Å². The monoisotopic (exact) mass is 525 g/mol. The molecule has 11 heteroatoms. The normalized spacial score (nSPS) is 15.2. The maximum Gasteiger partial charge on any atom is 0.417 e. The van der Waals surface area contributed by atoms with E-state index >= 15 is 0 Å². The first-order valence-electron chi connectivity index (χ1n) is 12.7. The Balaban J connectivity index is 1.90. The highest BCUT2D eigenvalue weighted by Crippen LogP contribution is 2.27. The van der Waals surface area contributed by atoms with Crippen LogP contribution in [0.1, 0.15) is 59.9 Å². The molecule has 0 spiro atoms. The molecule has 2 aromatic rings. The van der Waals surface area contributed by atoms with E-state index < -0.39 is 17.3 Å². The van der Waals surface area contributed by atoms with Gasteiger partial charge in [0.15, 0.2) is 0 Å². The summed E-state index contributed by atoms with van der Waals surface area (Å²) in [6.45, 7) is 11.8. The first kappa shape index (κ1) is 28.7. The molecule has 1 aromatic carbocycles. The Labute approximate surface area is 223 Å². The lowest BCUT2D eigenvalue weighted by molar-refractivity contribution is 0.0200. The van der Waals surface area contributed by atoms with Gasteiger partial charge in [0.2, 0.25) is 5.95 Å². The lowest BCUT2D eigenvalue weighted by Gasteiger charge is -2.38. The minimum atomic E-state index is -0.703. The van der Waals surface area contributed by atoms with Gasteiger partial charge in [0, 0.05) is 49.5 Å². The van der Waals surface area contributed by atoms with Gasteiger partial charge in [-0.2, -0.15) is 0 Å². The summed E-state index contributed by atoms with van der Waals surface area (Å²) in [7, 11) is 1.76. The summed E-state index contributed by atoms with van der Waals surface area (Å²) >= 11 is 0. The number of rotatable bonds is 5. The molecule has 1 aromatic heterocycles. The molecule has 38 heavy (non-hydrogen) atoms. The molecule has 0 aliphatic carbocycles. The van der Waals surface area contributed by atoms with Gasteiger partial charge in [0.05, 0.1) is 5.52 Å². The first-order valence-corrected chi connectivity index (χ1v) is 12.7. The molecule has 1 fully saturated rings. The summed E-state index contributed by atoms with van der Waals surface area (Å²) in [5.41, 5.74) is 6.41. The molecule has 0 atom stereocenters. The number of hydrogen-bond acceptors (Lipinski definition) is 8. The fourth-order valence-electron chi connectivity index (χ4n) is 4.10. The Morgan fingerprint density at radius 2 is 1.76 bits per heavy atom. The SMILES string of the molecule is CN/C(=C\C(=N)N)c1ccc2nc(N(C(=O)OC(C)(C)C)C3CCN(C(=O)OC(C)(C)C)CC3)ncc2c1. The molecule has 1 saturated heterocycles. The van der Waals surface area contributed by atoms with E-state index in [1.165, 1.54) is 11.0 Å². The third kappa shape index (κ3) is 7.56. The van der Waals surface area contributed by atoms with Crippen molar-refractivity contribution < 1.29 is 19.1 Å². The van der Waals surface area contributed by atoms with Crippen LogP contribution >= 0.6 is 0 Å². The van der Waals surface area contributed by atoms with Crippen molar-refractivity contribution in [1.82, 2.24) is 20.2 Å².